The van der Waals surface area contributed by atoms with Gasteiger partial charge in [0.15, 0.2) is 5.16 Å². The van der Waals surface area contributed by atoms with Gasteiger partial charge in [0.2, 0.25) is 5.95 Å². The Hall–Kier alpha value is -1.24. The molecular weight excluding hydrogens is 252 g/mol. The zero-order valence-electron chi connectivity index (χ0n) is 10.7. The predicted molar refractivity (Wildman–Crippen MR) is 70.0 cm³/mol. The van der Waals surface area contributed by atoms with Crippen molar-refractivity contribution in [3.8, 4) is 0 Å². The van der Waals surface area contributed by atoms with Gasteiger partial charge in [-0.1, -0.05) is 11.8 Å². The van der Waals surface area contributed by atoms with Crippen molar-refractivity contribution in [2.75, 3.05) is 24.2 Å². The molecule has 0 radical (unpaired) electrons. The van der Waals surface area contributed by atoms with E-state index in [1.165, 1.54) is 24.6 Å². The summed E-state index contributed by atoms with van der Waals surface area (Å²) in [6.45, 7) is 3.77. The third-order valence-corrected chi connectivity index (χ3v) is 3.86. The van der Waals surface area contributed by atoms with Crippen LogP contribution in [0.3, 0.4) is 0 Å². The number of thioether (sulfide) groups is 1. The quantitative estimate of drug-likeness (QED) is 0.753. The van der Waals surface area contributed by atoms with Crippen LogP contribution in [0.15, 0.2) is 5.16 Å². The minimum Gasteiger partial charge on any atom is -0.481 e. The number of aromatic nitrogens is 3. The average Bonchev–Trinajstić information content (AvgIpc) is 3.03. The standard InChI is InChI=1S/C11H18N4O2S/c1-3-15-10(14(2)6-8-4-5-8)12-13-11(15)18-7-9(16)17/h8H,3-7H2,1-2H3,(H,16,17). The summed E-state index contributed by atoms with van der Waals surface area (Å²) in [5.74, 6) is 0.799. The first-order valence-electron chi connectivity index (χ1n) is 6.10. The van der Waals surface area contributed by atoms with E-state index in [9.17, 15) is 4.79 Å². The molecule has 100 valence electrons. The van der Waals surface area contributed by atoms with Crippen LogP contribution in [0.4, 0.5) is 5.95 Å². The first-order valence-corrected chi connectivity index (χ1v) is 7.09. The number of carboxylic acid groups (broad SMARTS) is 1. The molecule has 0 bridgehead atoms. The third-order valence-electron chi connectivity index (χ3n) is 2.91. The Morgan fingerprint density at radius 2 is 2.28 bits per heavy atom. The molecule has 0 aliphatic heterocycles. The summed E-state index contributed by atoms with van der Waals surface area (Å²) in [6.07, 6.45) is 2.59. The second-order valence-electron chi connectivity index (χ2n) is 4.53. The molecule has 18 heavy (non-hydrogen) atoms. The molecule has 1 heterocycles. The summed E-state index contributed by atoms with van der Waals surface area (Å²) in [5, 5.41) is 17.6. The zero-order valence-corrected chi connectivity index (χ0v) is 11.5. The van der Waals surface area contributed by atoms with E-state index in [1.807, 2.05) is 18.5 Å². The summed E-state index contributed by atoms with van der Waals surface area (Å²) in [7, 11) is 2.01. The zero-order chi connectivity index (χ0) is 13.1. The highest BCUT2D eigenvalue weighted by molar-refractivity contribution is 7.99. The third kappa shape index (κ3) is 3.16. The number of hydrogen-bond acceptors (Lipinski definition) is 5. The van der Waals surface area contributed by atoms with Crippen LogP contribution in [-0.4, -0.2) is 45.2 Å². The molecule has 1 N–H and O–H groups in total. The Morgan fingerprint density at radius 3 is 2.83 bits per heavy atom. The van der Waals surface area contributed by atoms with Gasteiger partial charge in [-0.25, -0.2) is 0 Å². The molecule has 0 spiro atoms. The topological polar surface area (TPSA) is 71.2 Å². The molecule has 6 nitrogen and oxygen atoms in total. The van der Waals surface area contributed by atoms with E-state index in [2.05, 4.69) is 15.1 Å². The molecule has 0 aromatic carbocycles. The number of rotatable bonds is 7. The van der Waals surface area contributed by atoms with Crippen LogP contribution in [0, 0.1) is 5.92 Å². The molecule has 0 unspecified atom stereocenters. The molecular formula is C11H18N4O2S. The Balaban J connectivity index is 2.07. The number of nitrogens with zero attached hydrogens (tertiary/aromatic N) is 4. The molecule has 1 aromatic rings. The van der Waals surface area contributed by atoms with Crippen molar-refractivity contribution in [3.05, 3.63) is 0 Å². The first kappa shape index (κ1) is 13.2. The minimum absolute atomic E-state index is 0.0183. The number of carboxylic acids is 1. The van der Waals surface area contributed by atoms with Gasteiger partial charge in [0.05, 0.1) is 5.75 Å². The maximum absolute atomic E-state index is 10.6. The molecule has 0 saturated heterocycles. The fourth-order valence-electron chi connectivity index (χ4n) is 1.84. The molecule has 7 heteroatoms. The van der Waals surface area contributed by atoms with E-state index in [4.69, 9.17) is 5.11 Å². The lowest BCUT2D eigenvalue weighted by Crippen LogP contribution is -2.23. The highest BCUT2D eigenvalue weighted by atomic mass is 32.2. The van der Waals surface area contributed by atoms with Crippen LogP contribution in [0.1, 0.15) is 19.8 Å². The van der Waals surface area contributed by atoms with Crippen molar-refractivity contribution in [2.45, 2.75) is 31.5 Å². The van der Waals surface area contributed by atoms with E-state index >= 15 is 0 Å². The van der Waals surface area contributed by atoms with Crippen LogP contribution in [-0.2, 0) is 11.3 Å². The predicted octanol–water partition coefficient (Wildman–Crippen LogP) is 1.32. The van der Waals surface area contributed by atoms with Crippen LogP contribution in [0.5, 0.6) is 0 Å². The first-order chi connectivity index (χ1) is 8.61. The van der Waals surface area contributed by atoms with Gasteiger partial charge in [0, 0.05) is 20.1 Å². The Kier molecular flexibility index (Phi) is 4.11. The summed E-state index contributed by atoms with van der Waals surface area (Å²) < 4.78 is 1.97. The Labute approximate surface area is 110 Å². The molecule has 0 atom stereocenters. The van der Waals surface area contributed by atoms with Crippen molar-refractivity contribution in [1.82, 2.24) is 14.8 Å². The van der Waals surface area contributed by atoms with Crippen molar-refractivity contribution in [1.29, 1.82) is 0 Å². The summed E-state index contributed by atoms with van der Waals surface area (Å²) in [5.41, 5.74) is 0. The van der Waals surface area contributed by atoms with Crippen LogP contribution < -0.4 is 4.90 Å². The second kappa shape index (κ2) is 5.60. The second-order valence-corrected chi connectivity index (χ2v) is 5.48. The smallest absolute Gasteiger partial charge is 0.313 e. The highest BCUT2D eigenvalue weighted by Crippen LogP contribution is 2.31. The fourth-order valence-corrected chi connectivity index (χ4v) is 2.56. The lowest BCUT2D eigenvalue weighted by molar-refractivity contribution is -0.133. The maximum atomic E-state index is 10.6. The molecule has 1 aliphatic rings. The van der Waals surface area contributed by atoms with Gasteiger partial charge in [-0.15, -0.1) is 10.2 Å². The molecule has 0 amide bonds. The number of carbonyl (C=O) groups is 1. The Morgan fingerprint density at radius 1 is 1.56 bits per heavy atom. The lowest BCUT2D eigenvalue weighted by atomic mass is 10.4. The van der Waals surface area contributed by atoms with Crippen molar-refractivity contribution >= 4 is 23.7 Å². The Bertz CT molecular complexity index is 431. The van der Waals surface area contributed by atoms with Gasteiger partial charge in [-0.05, 0) is 25.7 Å². The normalized spacial score (nSPS) is 14.8. The maximum Gasteiger partial charge on any atom is 0.313 e. The van der Waals surface area contributed by atoms with E-state index in [0.29, 0.717) is 5.16 Å². The monoisotopic (exact) mass is 270 g/mol. The van der Waals surface area contributed by atoms with E-state index in [0.717, 1.165) is 25.0 Å². The summed E-state index contributed by atoms with van der Waals surface area (Å²) in [4.78, 5) is 12.7. The minimum atomic E-state index is -0.835. The van der Waals surface area contributed by atoms with Crippen molar-refractivity contribution in [3.63, 3.8) is 0 Å². The molecule has 1 fully saturated rings. The van der Waals surface area contributed by atoms with Crippen molar-refractivity contribution in [2.24, 2.45) is 5.92 Å². The average molecular weight is 270 g/mol. The lowest BCUT2D eigenvalue weighted by Gasteiger charge is -2.18. The number of anilines is 1. The van der Waals surface area contributed by atoms with Crippen LogP contribution in [0.25, 0.3) is 0 Å². The van der Waals surface area contributed by atoms with E-state index in [-0.39, 0.29) is 5.75 Å². The van der Waals surface area contributed by atoms with Gasteiger partial charge < -0.3 is 10.0 Å². The van der Waals surface area contributed by atoms with Gasteiger partial charge in [0.25, 0.3) is 0 Å². The van der Waals surface area contributed by atoms with Crippen molar-refractivity contribution < 1.29 is 9.90 Å². The SMILES string of the molecule is CCn1c(SCC(=O)O)nnc1N(C)CC1CC1. The number of aliphatic carboxylic acids is 1. The van der Waals surface area contributed by atoms with Crippen LogP contribution >= 0.6 is 11.8 Å². The summed E-state index contributed by atoms with van der Waals surface area (Å²) in [6, 6.07) is 0. The van der Waals surface area contributed by atoms with Crippen LogP contribution in [0.2, 0.25) is 0 Å². The van der Waals surface area contributed by atoms with Gasteiger partial charge in [0.1, 0.15) is 0 Å². The van der Waals surface area contributed by atoms with Gasteiger partial charge >= 0.3 is 5.97 Å². The number of hydrogen-bond donors (Lipinski definition) is 1. The fraction of sp³-hybridized carbons (Fsp3) is 0.727. The largest absolute Gasteiger partial charge is 0.481 e. The molecule has 2 rings (SSSR count). The van der Waals surface area contributed by atoms with Gasteiger partial charge in [-0.3, -0.25) is 9.36 Å². The molecule has 1 aliphatic carbocycles. The molecule has 1 aromatic heterocycles. The van der Waals surface area contributed by atoms with E-state index < -0.39 is 5.97 Å². The molecule has 1 saturated carbocycles. The summed E-state index contributed by atoms with van der Waals surface area (Å²) >= 11 is 1.22. The van der Waals surface area contributed by atoms with Gasteiger partial charge in [-0.2, -0.15) is 0 Å². The van der Waals surface area contributed by atoms with E-state index in [1.54, 1.807) is 0 Å². The highest BCUT2D eigenvalue weighted by Gasteiger charge is 2.25.